The first-order valence-corrected chi connectivity index (χ1v) is 8.81. The molecule has 0 amide bonds. The van der Waals surface area contributed by atoms with Gasteiger partial charge in [0.1, 0.15) is 5.82 Å². The van der Waals surface area contributed by atoms with Crippen LogP contribution in [0.15, 0.2) is 39.8 Å². The highest BCUT2D eigenvalue weighted by Gasteiger charge is 2.13. The number of rotatable bonds is 8. The molecule has 0 unspecified atom stereocenters. The molecule has 144 valence electrons. The minimum Gasteiger partial charge on any atom is -0.359 e. The van der Waals surface area contributed by atoms with Gasteiger partial charge in [0.05, 0.1) is 12.2 Å². The predicted molar refractivity (Wildman–Crippen MR) is 114 cm³/mol. The van der Waals surface area contributed by atoms with Crippen molar-refractivity contribution in [2.75, 3.05) is 13.6 Å². The lowest BCUT2D eigenvalue weighted by Crippen LogP contribution is -2.37. The van der Waals surface area contributed by atoms with Gasteiger partial charge in [0, 0.05) is 25.6 Å². The van der Waals surface area contributed by atoms with Gasteiger partial charge in [-0.25, -0.2) is 4.39 Å². The van der Waals surface area contributed by atoms with Gasteiger partial charge in [-0.05, 0) is 30.9 Å². The largest absolute Gasteiger partial charge is 0.359 e. The molecule has 26 heavy (non-hydrogen) atoms. The minimum absolute atomic E-state index is 0. The number of aliphatic imine (C=N–C) groups is 1. The molecule has 7 heteroatoms. The molecule has 2 N–H and O–H groups in total. The standard InChI is InChI=1S/C19H27FN4O.HI/c1-4-14(5-2)18-12-16(25-24-18)13-23-19(21-3)22-11-10-15-8-6-7-9-17(15)20;/h6-9,12,14H,4-5,10-11,13H2,1-3H3,(H2,21,22,23);1H. The van der Waals surface area contributed by atoms with Crippen LogP contribution >= 0.6 is 24.0 Å². The predicted octanol–water partition coefficient (Wildman–Crippen LogP) is 4.24. The summed E-state index contributed by atoms with van der Waals surface area (Å²) in [4.78, 5) is 4.17. The molecule has 1 aromatic heterocycles. The van der Waals surface area contributed by atoms with E-state index in [2.05, 4.69) is 34.6 Å². The van der Waals surface area contributed by atoms with Crippen molar-refractivity contribution in [1.82, 2.24) is 15.8 Å². The minimum atomic E-state index is -0.178. The maximum absolute atomic E-state index is 13.6. The number of halogens is 2. The Morgan fingerprint density at radius 1 is 1.23 bits per heavy atom. The van der Waals surface area contributed by atoms with E-state index < -0.39 is 0 Å². The lowest BCUT2D eigenvalue weighted by atomic mass is 9.99. The highest BCUT2D eigenvalue weighted by molar-refractivity contribution is 14.0. The lowest BCUT2D eigenvalue weighted by molar-refractivity contribution is 0.368. The summed E-state index contributed by atoms with van der Waals surface area (Å²) < 4.78 is 19.0. The van der Waals surface area contributed by atoms with Crippen molar-refractivity contribution in [3.8, 4) is 0 Å². The second-order valence-electron chi connectivity index (χ2n) is 5.93. The molecule has 0 spiro atoms. The maximum atomic E-state index is 13.6. The fourth-order valence-electron chi connectivity index (χ4n) is 2.72. The first-order valence-electron chi connectivity index (χ1n) is 8.81. The summed E-state index contributed by atoms with van der Waals surface area (Å²) in [5.74, 6) is 1.69. The van der Waals surface area contributed by atoms with Crippen LogP contribution in [0.4, 0.5) is 4.39 Å². The van der Waals surface area contributed by atoms with Gasteiger partial charge in [0.25, 0.3) is 0 Å². The van der Waals surface area contributed by atoms with Gasteiger partial charge >= 0.3 is 0 Å². The van der Waals surface area contributed by atoms with Gasteiger partial charge in [-0.15, -0.1) is 24.0 Å². The van der Waals surface area contributed by atoms with Crippen LogP contribution in [0.5, 0.6) is 0 Å². The van der Waals surface area contributed by atoms with Crippen LogP contribution in [-0.4, -0.2) is 24.7 Å². The van der Waals surface area contributed by atoms with Crippen LogP contribution in [0.25, 0.3) is 0 Å². The summed E-state index contributed by atoms with van der Waals surface area (Å²) >= 11 is 0. The van der Waals surface area contributed by atoms with E-state index in [1.165, 1.54) is 6.07 Å². The van der Waals surface area contributed by atoms with E-state index in [9.17, 15) is 4.39 Å². The number of hydrogen-bond donors (Lipinski definition) is 2. The molecule has 0 fully saturated rings. The summed E-state index contributed by atoms with van der Waals surface area (Å²) in [6.07, 6.45) is 2.69. The summed E-state index contributed by atoms with van der Waals surface area (Å²) in [5, 5.41) is 10.5. The van der Waals surface area contributed by atoms with Crippen LogP contribution in [0.1, 0.15) is 49.6 Å². The first-order chi connectivity index (χ1) is 12.2. The molecule has 0 aliphatic rings. The summed E-state index contributed by atoms with van der Waals surface area (Å²) in [6, 6.07) is 8.80. The van der Waals surface area contributed by atoms with Crippen molar-refractivity contribution < 1.29 is 8.91 Å². The lowest BCUT2D eigenvalue weighted by Gasteiger charge is -2.11. The molecule has 0 aliphatic heterocycles. The zero-order chi connectivity index (χ0) is 18.1. The molecular weight excluding hydrogens is 446 g/mol. The van der Waals surface area contributed by atoms with Crippen LogP contribution in [0.3, 0.4) is 0 Å². The smallest absolute Gasteiger partial charge is 0.191 e. The van der Waals surface area contributed by atoms with Gasteiger partial charge in [0.2, 0.25) is 0 Å². The van der Waals surface area contributed by atoms with Crippen molar-refractivity contribution in [3.05, 3.63) is 53.2 Å². The Bertz CT molecular complexity index is 686. The molecule has 5 nitrogen and oxygen atoms in total. The highest BCUT2D eigenvalue weighted by atomic mass is 127. The number of nitrogens with zero attached hydrogens (tertiary/aromatic N) is 2. The van der Waals surface area contributed by atoms with E-state index >= 15 is 0 Å². The third kappa shape index (κ3) is 6.59. The molecule has 0 atom stereocenters. The fourth-order valence-corrected chi connectivity index (χ4v) is 2.72. The topological polar surface area (TPSA) is 62.5 Å². The number of hydrogen-bond acceptors (Lipinski definition) is 3. The van der Waals surface area contributed by atoms with E-state index in [0.717, 1.165) is 24.3 Å². The van der Waals surface area contributed by atoms with Crippen molar-refractivity contribution in [1.29, 1.82) is 0 Å². The molecule has 1 aromatic carbocycles. The fraction of sp³-hybridized carbons (Fsp3) is 0.474. The molecule has 2 rings (SSSR count). The molecule has 1 heterocycles. The third-order valence-electron chi connectivity index (χ3n) is 4.28. The number of benzene rings is 1. The monoisotopic (exact) mass is 474 g/mol. The normalized spacial score (nSPS) is 11.3. The Labute approximate surface area is 171 Å². The van der Waals surface area contributed by atoms with Gasteiger partial charge in [-0.1, -0.05) is 37.2 Å². The van der Waals surface area contributed by atoms with Crippen molar-refractivity contribution in [2.24, 2.45) is 4.99 Å². The van der Waals surface area contributed by atoms with E-state index in [0.29, 0.717) is 37.0 Å². The molecule has 0 bridgehead atoms. The van der Waals surface area contributed by atoms with Gasteiger partial charge in [0.15, 0.2) is 11.7 Å². The Hall–Kier alpha value is -1.64. The van der Waals surface area contributed by atoms with Gasteiger partial charge in [-0.2, -0.15) is 0 Å². The second-order valence-corrected chi connectivity index (χ2v) is 5.93. The third-order valence-corrected chi connectivity index (χ3v) is 4.28. The highest BCUT2D eigenvalue weighted by Crippen LogP contribution is 2.22. The van der Waals surface area contributed by atoms with E-state index in [4.69, 9.17) is 4.52 Å². The van der Waals surface area contributed by atoms with Crippen LogP contribution in [-0.2, 0) is 13.0 Å². The van der Waals surface area contributed by atoms with Gasteiger partial charge in [-0.3, -0.25) is 4.99 Å². The zero-order valence-electron chi connectivity index (χ0n) is 15.6. The average molecular weight is 474 g/mol. The van der Waals surface area contributed by atoms with E-state index in [-0.39, 0.29) is 29.8 Å². The maximum Gasteiger partial charge on any atom is 0.191 e. The first kappa shape index (κ1) is 22.4. The average Bonchev–Trinajstić information content (AvgIpc) is 3.09. The summed E-state index contributed by atoms with van der Waals surface area (Å²) in [5.41, 5.74) is 1.69. The van der Waals surface area contributed by atoms with Crippen molar-refractivity contribution in [3.63, 3.8) is 0 Å². The number of guanidine groups is 1. The quantitative estimate of drug-likeness (QED) is 0.341. The van der Waals surface area contributed by atoms with E-state index in [1.807, 2.05) is 12.1 Å². The Morgan fingerprint density at radius 3 is 2.62 bits per heavy atom. The van der Waals surface area contributed by atoms with Crippen LogP contribution in [0, 0.1) is 5.82 Å². The Kier molecular flexibility index (Phi) is 10.2. The zero-order valence-corrected chi connectivity index (χ0v) is 17.9. The molecule has 0 radical (unpaired) electrons. The van der Waals surface area contributed by atoms with Crippen LogP contribution < -0.4 is 10.6 Å². The molecule has 0 saturated heterocycles. The second kappa shape index (κ2) is 11.9. The Morgan fingerprint density at radius 2 is 1.96 bits per heavy atom. The molecule has 0 aliphatic carbocycles. The summed E-state index contributed by atoms with van der Waals surface area (Å²) in [7, 11) is 1.70. The Balaban J connectivity index is 0.00000338. The molecule has 0 saturated carbocycles. The number of aromatic nitrogens is 1. The van der Waals surface area contributed by atoms with Crippen molar-refractivity contribution >= 4 is 29.9 Å². The SMILES string of the molecule is CCC(CC)c1cc(CNC(=NC)NCCc2ccccc2F)on1.I. The van der Waals surface area contributed by atoms with Crippen molar-refractivity contribution in [2.45, 2.75) is 45.6 Å². The molecule has 2 aromatic rings. The molecular formula is C19H28FIN4O. The number of nitrogens with one attached hydrogen (secondary N) is 2. The van der Waals surface area contributed by atoms with E-state index in [1.54, 1.807) is 19.2 Å². The van der Waals surface area contributed by atoms with Gasteiger partial charge < -0.3 is 15.2 Å². The summed E-state index contributed by atoms with van der Waals surface area (Å²) in [6.45, 7) is 5.41. The van der Waals surface area contributed by atoms with Crippen LogP contribution in [0.2, 0.25) is 0 Å².